The monoisotopic (exact) mass is 342 g/mol. The standard InChI is InChI=1S/C15H19BrO4/c1-4-18-13-10-11(7-8-14(17)19-5-2)9-12(16)15(13)20-6-3/h7-10H,4-6H2,1-3H3/b8-7+. The van der Waals surface area contributed by atoms with E-state index in [1.807, 2.05) is 26.0 Å². The zero-order valence-electron chi connectivity index (χ0n) is 11.9. The Bertz CT molecular complexity index is 483. The molecule has 0 aliphatic rings. The lowest BCUT2D eigenvalue weighted by molar-refractivity contribution is -0.137. The maximum absolute atomic E-state index is 11.3. The Morgan fingerprint density at radius 2 is 1.85 bits per heavy atom. The van der Waals surface area contributed by atoms with Gasteiger partial charge in [0.15, 0.2) is 11.5 Å². The third kappa shape index (κ3) is 4.89. The first-order valence-corrected chi connectivity index (χ1v) is 7.35. The zero-order valence-corrected chi connectivity index (χ0v) is 13.5. The van der Waals surface area contributed by atoms with E-state index in [0.29, 0.717) is 31.3 Å². The van der Waals surface area contributed by atoms with Gasteiger partial charge in [0.05, 0.1) is 24.3 Å². The Labute approximate surface area is 127 Å². The quantitative estimate of drug-likeness (QED) is 0.558. The molecule has 1 aromatic carbocycles. The first-order valence-electron chi connectivity index (χ1n) is 6.56. The van der Waals surface area contributed by atoms with E-state index in [-0.39, 0.29) is 5.97 Å². The molecular weight excluding hydrogens is 324 g/mol. The van der Waals surface area contributed by atoms with Gasteiger partial charge in [-0.3, -0.25) is 0 Å². The highest BCUT2D eigenvalue weighted by atomic mass is 79.9. The van der Waals surface area contributed by atoms with E-state index < -0.39 is 0 Å². The van der Waals surface area contributed by atoms with Crippen LogP contribution in [0.3, 0.4) is 0 Å². The van der Waals surface area contributed by atoms with Crippen molar-refractivity contribution in [1.82, 2.24) is 0 Å². The fourth-order valence-corrected chi connectivity index (χ4v) is 2.16. The van der Waals surface area contributed by atoms with Crippen molar-refractivity contribution in [1.29, 1.82) is 0 Å². The van der Waals surface area contributed by atoms with Crippen LogP contribution < -0.4 is 9.47 Å². The lowest BCUT2D eigenvalue weighted by Crippen LogP contribution is -2.00. The molecule has 0 spiro atoms. The number of esters is 1. The van der Waals surface area contributed by atoms with Crippen molar-refractivity contribution < 1.29 is 19.0 Å². The minimum absolute atomic E-state index is 0.361. The number of hydrogen-bond acceptors (Lipinski definition) is 4. The molecule has 0 bridgehead atoms. The van der Waals surface area contributed by atoms with E-state index in [4.69, 9.17) is 14.2 Å². The number of carbonyl (C=O) groups excluding carboxylic acids is 1. The molecular formula is C15H19BrO4. The van der Waals surface area contributed by atoms with Gasteiger partial charge in [0.25, 0.3) is 0 Å². The predicted octanol–water partition coefficient (Wildman–Crippen LogP) is 3.82. The molecule has 0 atom stereocenters. The van der Waals surface area contributed by atoms with Crippen LogP contribution in [0.15, 0.2) is 22.7 Å². The molecule has 0 aliphatic carbocycles. The molecule has 5 heteroatoms. The Kier molecular flexibility index (Phi) is 7.15. The first kappa shape index (κ1) is 16.6. The van der Waals surface area contributed by atoms with Crippen LogP contribution in [0.5, 0.6) is 11.5 Å². The van der Waals surface area contributed by atoms with Gasteiger partial charge < -0.3 is 14.2 Å². The molecule has 0 radical (unpaired) electrons. The summed E-state index contributed by atoms with van der Waals surface area (Å²) in [5, 5.41) is 0. The molecule has 0 aromatic heterocycles. The fourth-order valence-electron chi connectivity index (χ4n) is 1.59. The Balaban J connectivity index is 3.01. The second-order valence-electron chi connectivity index (χ2n) is 3.78. The second-order valence-corrected chi connectivity index (χ2v) is 4.64. The van der Waals surface area contributed by atoms with Gasteiger partial charge in [0.1, 0.15) is 0 Å². The van der Waals surface area contributed by atoms with Crippen molar-refractivity contribution >= 4 is 28.0 Å². The number of benzene rings is 1. The van der Waals surface area contributed by atoms with Crippen LogP contribution in [0.25, 0.3) is 6.08 Å². The Morgan fingerprint density at radius 1 is 1.15 bits per heavy atom. The third-order valence-electron chi connectivity index (χ3n) is 2.32. The molecule has 0 heterocycles. The molecule has 1 aromatic rings. The van der Waals surface area contributed by atoms with Crippen molar-refractivity contribution in [3.8, 4) is 11.5 Å². The highest BCUT2D eigenvalue weighted by Gasteiger charge is 2.11. The number of carbonyl (C=O) groups is 1. The molecule has 110 valence electrons. The van der Waals surface area contributed by atoms with Crippen LogP contribution >= 0.6 is 15.9 Å². The molecule has 0 unspecified atom stereocenters. The summed E-state index contributed by atoms with van der Waals surface area (Å²) in [5.41, 5.74) is 0.830. The molecule has 20 heavy (non-hydrogen) atoms. The summed E-state index contributed by atoms with van der Waals surface area (Å²) in [4.78, 5) is 11.3. The minimum atomic E-state index is -0.365. The van der Waals surface area contributed by atoms with E-state index >= 15 is 0 Å². The van der Waals surface area contributed by atoms with Gasteiger partial charge in [-0.25, -0.2) is 4.79 Å². The van der Waals surface area contributed by atoms with E-state index in [2.05, 4.69) is 15.9 Å². The maximum Gasteiger partial charge on any atom is 0.330 e. The number of rotatable bonds is 7. The van der Waals surface area contributed by atoms with Crippen LogP contribution in [-0.2, 0) is 9.53 Å². The lowest BCUT2D eigenvalue weighted by atomic mass is 10.2. The van der Waals surface area contributed by atoms with Crippen LogP contribution in [0.1, 0.15) is 26.3 Å². The van der Waals surface area contributed by atoms with Crippen molar-refractivity contribution in [3.63, 3.8) is 0 Å². The third-order valence-corrected chi connectivity index (χ3v) is 2.91. The van der Waals surface area contributed by atoms with Crippen LogP contribution in [0, 0.1) is 0 Å². The molecule has 0 saturated carbocycles. The number of ether oxygens (including phenoxy) is 3. The molecule has 0 amide bonds. The van der Waals surface area contributed by atoms with Gasteiger partial charge in [-0.2, -0.15) is 0 Å². The van der Waals surface area contributed by atoms with E-state index in [9.17, 15) is 4.79 Å². The summed E-state index contributed by atoms with van der Waals surface area (Å²) in [6.45, 7) is 7.04. The molecule has 0 N–H and O–H groups in total. The largest absolute Gasteiger partial charge is 0.490 e. The van der Waals surface area contributed by atoms with E-state index in [0.717, 1.165) is 10.0 Å². The molecule has 0 saturated heterocycles. The van der Waals surface area contributed by atoms with Gasteiger partial charge in [-0.1, -0.05) is 0 Å². The van der Waals surface area contributed by atoms with Crippen molar-refractivity contribution in [3.05, 3.63) is 28.2 Å². The summed E-state index contributed by atoms with van der Waals surface area (Å²) in [6.07, 6.45) is 3.07. The maximum atomic E-state index is 11.3. The summed E-state index contributed by atoms with van der Waals surface area (Å²) in [7, 11) is 0. The predicted molar refractivity (Wildman–Crippen MR) is 82.1 cm³/mol. The Hall–Kier alpha value is -1.49. The number of halogens is 1. The van der Waals surface area contributed by atoms with Crippen LogP contribution in [0.2, 0.25) is 0 Å². The molecule has 0 fully saturated rings. The summed E-state index contributed by atoms with van der Waals surface area (Å²) in [5.74, 6) is 0.949. The SMILES string of the molecule is CCOC(=O)/C=C/c1cc(Br)c(OCC)c(OCC)c1. The second kappa shape index (κ2) is 8.64. The van der Waals surface area contributed by atoms with Gasteiger partial charge in [0.2, 0.25) is 0 Å². The van der Waals surface area contributed by atoms with Gasteiger partial charge in [-0.05, 0) is 60.5 Å². The molecule has 4 nitrogen and oxygen atoms in total. The highest BCUT2D eigenvalue weighted by molar-refractivity contribution is 9.10. The van der Waals surface area contributed by atoms with E-state index in [1.54, 1.807) is 13.0 Å². The topological polar surface area (TPSA) is 44.8 Å². The van der Waals surface area contributed by atoms with Crippen molar-refractivity contribution in [2.24, 2.45) is 0 Å². The molecule has 1 rings (SSSR count). The fraction of sp³-hybridized carbons (Fsp3) is 0.400. The van der Waals surface area contributed by atoms with Crippen molar-refractivity contribution in [2.45, 2.75) is 20.8 Å². The minimum Gasteiger partial charge on any atom is -0.490 e. The summed E-state index contributed by atoms with van der Waals surface area (Å²) >= 11 is 3.45. The smallest absolute Gasteiger partial charge is 0.330 e. The van der Waals surface area contributed by atoms with Gasteiger partial charge >= 0.3 is 5.97 Å². The lowest BCUT2D eigenvalue weighted by Gasteiger charge is -2.13. The average Bonchev–Trinajstić information content (AvgIpc) is 2.41. The van der Waals surface area contributed by atoms with Gasteiger partial charge in [-0.15, -0.1) is 0 Å². The van der Waals surface area contributed by atoms with Crippen LogP contribution in [0.4, 0.5) is 0 Å². The van der Waals surface area contributed by atoms with Gasteiger partial charge in [0, 0.05) is 6.08 Å². The molecule has 0 aliphatic heterocycles. The highest BCUT2D eigenvalue weighted by Crippen LogP contribution is 2.37. The van der Waals surface area contributed by atoms with E-state index in [1.165, 1.54) is 6.08 Å². The zero-order chi connectivity index (χ0) is 15.0. The van der Waals surface area contributed by atoms with Crippen LogP contribution in [-0.4, -0.2) is 25.8 Å². The summed E-state index contributed by atoms with van der Waals surface area (Å²) in [6, 6.07) is 3.69. The van der Waals surface area contributed by atoms with Crippen molar-refractivity contribution in [2.75, 3.05) is 19.8 Å². The summed E-state index contributed by atoms with van der Waals surface area (Å²) < 4.78 is 16.7. The first-order chi connectivity index (χ1) is 9.62. The normalized spacial score (nSPS) is 10.6. The Morgan fingerprint density at radius 3 is 2.45 bits per heavy atom. The number of hydrogen-bond donors (Lipinski definition) is 0. The average molecular weight is 343 g/mol.